The van der Waals surface area contributed by atoms with E-state index in [1.165, 1.54) is 28.4 Å². The maximum atomic E-state index is 13.1. The number of nitrogens with two attached hydrogens (primary N) is 1. The first-order chi connectivity index (χ1) is 12.9. The van der Waals surface area contributed by atoms with Crippen molar-refractivity contribution < 1.29 is 14.0 Å². The van der Waals surface area contributed by atoms with Crippen LogP contribution >= 0.6 is 11.3 Å². The Morgan fingerprint density at radius 3 is 2.41 bits per heavy atom. The molecule has 0 saturated carbocycles. The van der Waals surface area contributed by atoms with Crippen LogP contribution in [0.5, 0.6) is 0 Å². The normalized spacial score (nSPS) is 10.6. The minimum Gasteiger partial charge on any atom is -0.368 e. The van der Waals surface area contributed by atoms with Crippen molar-refractivity contribution >= 4 is 23.2 Å². The maximum Gasteiger partial charge on any atom is 0.274 e. The Bertz CT molecular complexity index is 955. The molecule has 3 aromatic rings. The molecule has 0 aliphatic heterocycles. The number of carbonyl (C=O) groups excluding carboxylic acids is 2. The summed E-state index contributed by atoms with van der Waals surface area (Å²) in [6.45, 7) is 1.71. The van der Waals surface area contributed by atoms with Gasteiger partial charge in [-0.25, -0.2) is 9.37 Å². The molecule has 5 nitrogen and oxygen atoms in total. The third-order valence-electron chi connectivity index (χ3n) is 3.89. The number of aromatic nitrogens is 1. The predicted molar refractivity (Wildman–Crippen MR) is 103 cm³/mol. The second-order valence-electron chi connectivity index (χ2n) is 6.03. The van der Waals surface area contributed by atoms with Crippen molar-refractivity contribution in [1.29, 1.82) is 0 Å². The Balaban J connectivity index is 1.94. The van der Waals surface area contributed by atoms with E-state index < -0.39 is 5.91 Å². The van der Waals surface area contributed by atoms with Crippen LogP contribution in [0.15, 0.2) is 54.6 Å². The van der Waals surface area contributed by atoms with Crippen LogP contribution in [0.3, 0.4) is 0 Å². The van der Waals surface area contributed by atoms with Crippen LogP contribution in [0.4, 0.5) is 4.39 Å². The van der Waals surface area contributed by atoms with Crippen molar-refractivity contribution in [2.75, 3.05) is 6.54 Å². The summed E-state index contributed by atoms with van der Waals surface area (Å²) in [4.78, 5) is 31.1. The Kier molecular flexibility index (Phi) is 5.61. The number of halogens is 1. The van der Waals surface area contributed by atoms with E-state index in [1.54, 1.807) is 12.1 Å². The van der Waals surface area contributed by atoms with Gasteiger partial charge in [0.05, 0.1) is 9.88 Å². The Morgan fingerprint density at radius 1 is 1.11 bits per heavy atom. The average molecular weight is 383 g/mol. The summed E-state index contributed by atoms with van der Waals surface area (Å²) < 4.78 is 13.1. The van der Waals surface area contributed by atoms with E-state index in [4.69, 9.17) is 5.73 Å². The number of nitrogens with zero attached hydrogens (tertiary/aromatic N) is 2. The lowest BCUT2D eigenvalue weighted by molar-refractivity contribution is -0.118. The quantitative estimate of drug-likeness (QED) is 0.709. The molecule has 0 aliphatic carbocycles. The van der Waals surface area contributed by atoms with Gasteiger partial charge in [-0.2, -0.15) is 0 Å². The second-order valence-corrected chi connectivity index (χ2v) is 7.23. The number of thiazole rings is 1. The van der Waals surface area contributed by atoms with Crippen LogP contribution in [0.2, 0.25) is 0 Å². The minimum absolute atomic E-state index is 0.132. The lowest BCUT2D eigenvalue weighted by Gasteiger charge is -2.21. The van der Waals surface area contributed by atoms with E-state index in [2.05, 4.69) is 4.98 Å². The molecular formula is C20H18FN3O2S. The number of hydrogen-bond acceptors (Lipinski definition) is 4. The lowest BCUT2D eigenvalue weighted by Crippen LogP contribution is -2.38. The third-order valence-corrected chi connectivity index (χ3v) is 4.91. The van der Waals surface area contributed by atoms with E-state index in [1.807, 2.05) is 37.3 Å². The molecule has 0 spiro atoms. The average Bonchev–Trinajstić information content (AvgIpc) is 3.04. The van der Waals surface area contributed by atoms with Crippen LogP contribution in [0, 0.1) is 12.7 Å². The summed E-state index contributed by atoms with van der Waals surface area (Å²) in [5.74, 6) is -1.38. The number of carbonyl (C=O) groups is 2. The number of rotatable bonds is 6. The zero-order chi connectivity index (χ0) is 19.4. The van der Waals surface area contributed by atoms with Gasteiger partial charge in [0.1, 0.15) is 18.1 Å². The molecule has 0 saturated heterocycles. The monoisotopic (exact) mass is 383 g/mol. The smallest absolute Gasteiger partial charge is 0.274 e. The Morgan fingerprint density at radius 2 is 1.78 bits per heavy atom. The van der Waals surface area contributed by atoms with Gasteiger partial charge in [-0.05, 0) is 30.2 Å². The molecule has 7 heteroatoms. The highest BCUT2D eigenvalue weighted by molar-refractivity contribution is 7.15. The topological polar surface area (TPSA) is 76.3 Å². The van der Waals surface area contributed by atoms with Gasteiger partial charge < -0.3 is 10.6 Å². The summed E-state index contributed by atoms with van der Waals surface area (Å²) in [5, 5.41) is 0.748. The molecule has 0 aliphatic rings. The number of amides is 2. The number of aryl methyl sites for hydroxylation is 1. The van der Waals surface area contributed by atoms with Gasteiger partial charge in [-0.15, -0.1) is 11.3 Å². The molecule has 2 aromatic carbocycles. The standard InChI is InChI=1S/C20H18FN3O2S/c1-13-23-18(19(27-13)15-5-3-2-4-6-15)20(26)24(12-17(22)25)11-14-7-9-16(21)10-8-14/h2-10H,11-12H2,1H3,(H2,22,25). The van der Waals surface area contributed by atoms with E-state index in [9.17, 15) is 14.0 Å². The van der Waals surface area contributed by atoms with Crippen molar-refractivity contribution in [2.24, 2.45) is 5.73 Å². The van der Waals surface area contributed by atoms with Crippen LogP contribution in [-0.4, -0.2) is 28.2 Å². The fourth-order valence-corrected chi connectivity index (χ4v) is 3.62. The summed E-state index contributed by atoms with van der Waals surface area (Å²) >= 11 is 1.42. The highest BCUT2D eigenvalue weighted by Gasteiger charge is 2.25. The molecule has 3 rings (SSSR count). The van der Waals surface area contributed by atoms with E-state index in [0.29, 0.717) is 5.56 Å². The number of benzene rings is 2. The van der Waals surface area contributed by atoms with E-state index >= 15 is 0 Å². The minimum atomic E-state index is -0.626. The van der Waals surface area contributed by atoms with Gasteiger partial charge in [0.2, 0.25) is 5.91 Å². The van der Waals surface area contributed by atoms with Crippen LogP contribution in [-0.2, 0) is 11.3 Å². The highest BCUT2D eigenvalue weighted by atomic mass is 32.1. The zero-order valence-corrected chi connectivity index (χ0v) is 15.5. The SMILES string of the molecule is Cc1nc(C(=O)N(CC(N)=O)Cc2ccc(F)cc2)c(-c2ccccc2)s1. The van der Waals surface area contributed by atoms with Gasteiger partial charge in [0.25, 0.3) is 5.91 Å². The molecule has 0 fully saturated rings. The number of hydrogen-bond donors (Lipinski definition) is 1. The van der Waals surface area contributed by atoms with Crippen molar-refractivity contribution in [3.63, 3.8) is 0 Å². The molecule has 0 radical (unpaired) electrons. The molecule has 1 aromatic heterocycles. The van der Waals surface area contributed by atoms with Gasteiger partial charge in [-0.1, -0.05) is 42.5 Å². The molecule has 1 heterocycles. The largest absolute Gasteiger partial charge is 0.368 e. The molecule has 2 N–H and O–H groups in total. The fraction of sp³-hybridized carbons (Fsp3) is 0.150. The zero-order valence-electron chi connectivity index (χ0n) is 14.7. The summed E-state index contributed by atoms with van der Waals surface area (Å²) in [7, 11) is 0. The lowest BCUT2D eigenvalue weighted by atomic mass is 10.1. The molecule has 0 atom stereocenters. The van der Waals surface area contributed by atoms with E-state index in [0.717, 1.165) is 15.4 Å². The maximum absolute atomic E-state index is 13.1. The Hall–Kier alpha value is -3.06. The van der Waals surface area contributed by atoms with Crippen molar-refractivity contribution in [1.82, 2.24) is 9.88 Å². The van der Waals surface area contributed by atoms with Crippen molar-refractivity contribution in [3.8, 4) is 10.4 Å². The van der Waals surface area contributed by atoms with Crippen molar-refractivity contribution in [3.05, 3.63) is 76.7 Å². The Labute approximate surface area is 160 Å². The van der Waals surface area contributed by atoms with Crippen LogP contribution < -0.4 is 5.73 Å². The van der Waals surface area contributed by atoms with Gasteiger partial charge in [0, 0.05) is 6.54 Å². The summed E-state index contributed by atoms with van der Waals surface area (Å²) in [5.41, 5.74) is 7.19. The highest BCUT2D eigenvalue weighted by Crippen LogP contribution is 2.31. The van der Waals surface area contributed by atoms with Crippen molar-refractivity contribution in [2.45, 2.75) is 13.5 Å². The number of primary amides is 1. The van der Waals surface area contributed by atoms with Crippen LogP contribution in [0.1, 0.15) is 21.1 Å². The first-order valence-corrected chi connectivity index (χ1v) is 9.10. The summed E-state index contributed by atoms with van der Waals surface area (Å²) in [6, 6.07) is 15.2. The van der Waals surface area contributed by atoms with E-state index in [-0.39, 0.29) is 30.5 Å². The molecule has 138 valence electrons. The molecular weight excluding hydrogens is 365 g/mol. The van der Waals surface area contributed by atoms with Gasteiger partial charge in [0.15, 0.2) is 0 Å². The van der Waals surface area contributed by atoms with Gasteiger partial charge >= 0.3 is 0 Å². The fourth-order valence-electron chi connectivity index (χ4n) is 2.70. The van der Waals surface area contributed by atoms with Gasteiger partial charge in [-0.3, -0.25) is 9.59 Å². The summed E-state index contributed by atoms with van der Waals surface area (Å²) in [6.07, 6.45) is 0. The first kappa shape index (κ1) is 18.7. The second kappa shape index (κ2) is 8.09. The third kappa shape index (κ3) is 4.57. The molecule has 27 heavy (non-hydrogen) atoms. The molecule has 2 amide bonds. The molecule has 0 unspecified atom stereocenters. The predicted octanol–water partition coefficient (Wildman–Crippen LogP) is 3.39. The first-order valence-electron chi connectivity index (χ1n) is 8.29. The van der Waals surface area contributed by atoms with Crippen LogP contribution in [0.25, 0.3) is 10.4 Å². The molecule has 0 bridgehead atoms.